The fourth-order valence-corrected chi connectivity index (χ4v) is 2.40. The maximum absolute atomic E-state index is 12.1. The molecule has 1 aromatic heterocycles. The third kappa shape index (κ3) is 4.23. The Kier molecular flexibility index (Phi) is 5.51. The summed E-state index contributed by atoms with van der Waals surface area (Å²) in [7, 11) is 0. The molecule has 20 heavy (non-hydrogen) atoms. The van der Waals surface area contributed by atoms with Crippen molar-refractivity contribution in [3.63, 3.8) is 0 Å². The molecule has 0 spiro atoms. The number of rotatable bonds is 6. The van der Waals surface area contributed by atoms with Crippen LogP contribution in [-0.4, -0.2) is 29.1 Å². The highest BCUT2D eigenvalue weighted by Crippen LogP contribution is 2.19. The van der Waals surface area contributed by atoms with Crippen LogP contribution in [0.4, 0.5) is 4.79 Å². The molecule has 2 unspecified atom stereocenters. The van der Waals surface area contributed by atoms with Crippen LogP contribution < -0.4 is 16.4 Å². The molecule has 2 atom stereocenters. The van der Waals surface area contributed by atoms with Gasteiger partial charge in [-0.25, -0.2) is 9.59 Å². The van der Waals surface area contributed by atoms with Gasteiger partial charge in [-0.15, -0.1) is 11.3 Å². The molecule has 1 rings (SSSR count). The van der Waals surface area contributed by atoms with E-state index in [1.165, 1.54) is 11.3 Å². The van der Waals surface area contributed by atoms with E-state index in [9.17, 15) is 19.5 Å². The lowest BCUT2D eigenvalue weighted by Crippen LogP contribution is -2.52. The first-order chi connectivity index (χ1) is 9.32. The molecular formula is C12H17N3O4S. The molecule has 1 aromatic rings. The van der Waals surface area contributed by atoms with E-state index in [0.717, 1.165) is 0 Å². The van der Waals surface area contributed by atoms with Crippen LogP contribution in [-0.2, 0) is 9.59 Å². The number of urea groups is 1. The highest BCUT2D eigenvalue weighted by Gasteiger charge is 2.29. The van der Waals surface area contributed by atoms with E-state index in [1.807, 2.05) is 0 Å². The topological polar surface area (TPSA) is 122 Å². The van der Waals surface area contributed by atoms with Crippen molar-refractivity contribution in [1.82, 2.24) is 10.6 Å². The first-order valence-electron chi connectivity index (χ1n) is 5.95. The van der Waals surface area contributed by atoms with Gasteiger partial charge in [0.05, 0.1) is 0 Å². The van der Waals surface area contributed by atoms with Crippen molar-refractivity contribution in [2.45, 2.75) is 25.9 Å². The minimum Gasteiger partial charge on any atom is -0.479 e. The Morgan fingerprint density at radius 1 is 1.30 bits per heavy atom. The van der Waals surface area contributed by atoms with Crippen LogP contribution in [0.25, 0.3) is 0 Å². The average Bonchev–Trinajstić information content (AvgIpc) is 2.85. The zero-order chi connectivity index (χ0) is 15.3. The number of nitrogens with one attached hydrogen (secondary N) is 2. The van der Waals surface area contributed by atoms with Crippen molar-refractivity contribution in [3.05, 3.63) is 22.4 Å². The van der Waals surface area contributed by atoms with E-state index in [4.69, 9.17) is 5.73 Å². The lowest BCUT2D eigenvalue weighted by Gasteiger charge is -2.22. The largest absolute Gasteiger partial charge is 0.479 e. The molecule has 0 aliphatic rings. The highest BCUT2D eigenvalue weighted by molar-refractivity contribution is 7.10. The summed E-state index contributed by atoms with van der Waals surface area (Å²) in [6.07, 6.45) is 0. The minimum atomic E-state index is -1.16. The van der Waals surface area contributed by atoms with Gasteiger partial charge < -0.3 is 21.5 Å². The van der Waals surface area contributed by atoms with Crippen LogP contribution in [0.15, 0.2) is 17.5 Å². The van der Waals surface area contributed by atoms with E-state index in [2.05, 4.69) is 10.6 Å². The monoisotopic (exact) mass is 299 g/mol. The SMILES string of the molecule is CC(C)C(NC(N)=O)C(=O)NC(C(=O)O)c1cccs1. The number of carboxylic acid groups (broad SMARTS) is 1. The number of hydrogen-bond donors (Lipinski definition) is 4. The Balaban J connectivity index is 2.84. The summed E-state index contributed by atoms with van der Waals surface area (Å²) in [6.45, 7) is 3.45. The molecule has 110 valence electrons. The molecule has 0 saturated carbocycles. The van der Waals surface area contributed by atoms with E-state index in [-0.39, 0.29) is 5.92 Å². The third-order valence-corrected chi connectivity index (χ3v) is 3.55. The summed E-state index contributed by atoms with van der Waals surface area (Å²) in [6, 6.07) is 0.467. The molecule has 0 saturated heterocycles. The number of nitrogens with two attached hydrogens (primary N) is 1. The van der Waals surface area contributed by atoms with Gasteiger partial charge in [-0.1, -0.05) is 19.9 Å². The van der Waals surface area contributed by atoms with Gasteiger partial charge in [-0.05, 0) is 17.4 Å². The van der Waals surface area contributed by atoms with Crippen molar-refractivity contribution >= 4 is 29.2 Å². The number of thiophene rings is 1. The molecule has 3 amide bonds. The molecule has 1 heterocycles. The summed E-state index contributed by atoms with van der Waals surface area (Å²) in [5, 5.41) is 15.6. The molecule has 0 radical (unpaired) electrons. The minimum absolute atomic E-state index is 0.222. The molecule has 0 aromatic carbocycles. The first kappa shape index (κ1) is 16.0. The Morgan fingerprint density at radius 3 is 2.35 bits per heavy atom. The van der Waals surface area contributed by atoms with Crippen LogP contribution in [0.2, 0.25) is 0 Å². The average molecular weight is 299 g/mol. The molecule has 7 nitrogen and oxygen atoms in total. The zero-order valence-electron chi connectivity index (χ0n) is 11.1. The number of hydrogen-bond acceptors (Lipinski definition) is 4. The number of aliphatic carboxylic acids is 1. The van der Waals surface area contributed by atoms with Gasteiger partial charge in [-0.3, -0.25) is 4.79 Å². The van der Waals surface area contributed by atoms with E-state index >= 15 is 0 Å². The first-order valence-corrected chi connectivity index (χ1v) is 6.83. The lowest BCUT2D eigenvalue weighted by molar-refractivity contribution is -0.142. The summed E-state index contributed by atoms with van der Waals surface area (Å²) in [5.74, 6) is -1.97. The summed E-state index contributed by atoms with van der Waals surface area (Å²) in [4.78, 5) is 34.7. The molecule has 0 aliphatic carbocycles. The van der Waals surface area contributed by atoms with Crippen molar-refractivity contribution in [1.29, 1.82) is 0 Å². The fourth-order valence-electron chi connectivity index (χ4n) is 1.63. The molecule has 0 bridgehead atoms. The van der Waals surface area contributed by atoms with Crippen LogP contribution in [0.3, 0.4) is 0 Å². The number of carbonyl (C=O) groups excluding carboxylic acids is 2. The van der Waals surface area contributed by atoms with Gasteiger partial charge in [-0.2, -0.15) is 0 Å². The molecule has 0 fully saturated rings. The van der Waals surface area contributed by atoms with Crippen molar-refractivity contribution < 1.29 is 19.5 Å². The number of carbonyl (C=O) groups is 3. The molecule has 8 heteroatoms. The van der Waals surface area contributed by atoms with Crippen molar-refractivity contribution in [2.75, 3.05) is 0 Å². The predicted octanol–water partition coefficient (Wildman–Crippen LogP) is 0.683. The van der Waals surface area contributed by atoms with Gasteiger partial charge in [0.15, 0.2) is 6.04 Å². The van der Waals surface area contributed by atoms with Crippen LogP contribution in [0.5, 0.6) is 0 Å². The van der Waals surface area contributed by atoms with E-state index in [0.29, 0.717) is 4.88 Å². The van der Waals surface area contributed by atoms with Gasteiger partial charge >= 0.3 is 12.0 Å². The highest BCUT2D eigenvalue weighted by atomic mass is 32.1. The second-order valence-corrected chi connectivity index (χ2v) is 5.50. The summed E-state index contributed by atoms with van der Waals surface area (Å²) < 4.78 is 0. The Bertz CT molecular complexity index is 487. The molecular weight excluding hydrogens is 282 g/mol. The van der Waals surface area contributed by atoms with Crippen LogP contribution >= 0.6 is 11.3 Å². The normalized spacial score (nSPS) is 13.6. The number of amides is 3. The Hall–Kier alpha value is -2.09. The van der Waals surface area contributed by atoms with Gasteiger partial charge in [0.25, 0.3) is 0 Å². The number of primary amides is 1. The number of carboxylic acids is 1. The van der Waals surface area contributed by atoms with E-state index in [1.54, 1.807) is 31.4 Å². The van der Waals surface area contributed by atoms with Crippen LogP contribution in [0.1, 0.15) is 24.8 Å². The predicted molar refractivity (Wildman–Crippen MR) is 74.2 cm³/mol. The van der Waals surface area contributed by atoms with E-state index < -0.39 is 30.0 Å². The van der Waals surface area contributed by atoms with Gasteiger partial charge in [0.2, 0.25) is 5.91 Å². The van der Waals surface area contributed by atoms with Crippen LogP contribution in [0, 0.1) is 5.92 Å². The molecule has 0 aliphatic heterocycles. The fraction of sp³-hybridized carbons (Fsp3) is 0.417. The second kappa shape index (κ2) is 6.90. The van der Waals surface area contributed by atoms with Gasteiger partial charge in [0, 0.05) is 4.88 Å². The maximum Gasteiger partial charge on any atom is 0.331 e. The summed E-state index contributed by atoms with van der Waals surface area (Å²) >= 11 is 1.23. The third-order valence-electron chi connectivity index (χ3n) is 2.61. The Morgan fingerprint density at radius 2 is 1.95 bits per heavy atom. The standard InChI is InChI=1S/C12H17N3O4S/c1-6(2)8(15-12(13)19)10(16)14-9(11(17)18)7-4-3-5-20-7/h3-6,8-9H,1-2H3,(H,14,16)(H,17,18)(H3,13,15,19). The van der Waals surface area contributed by atoms with Crippen molar-refractivity contribution in [2.24, 2.45) is 11.7 Å². The van der Waals surface area contributed by atoms with Gasteiger partial charge in [0.1, 0.15) is 6.04 Å². The quantitative estimate of drug-likeness (QED) is 0.617. The molecule has 5 N–H and O–H groups in total. The maximum atomic E-state index is 12.1. The summed E-state index contributed by atoms with van der Waals surface area (Å²) in [5.41, 5.74) is 5.01. The second-order valence-electron chi connectivity index (χ2n) is 4.53. The Labute approximate surface area is 120 Å². The van der Waals surface area contributed by atoms with Crippen molar-refractivity contribution in [3.8, 4) is 0 Å². The smallest absolute Gasteiger partial charge is 0.331 e. The lowest BCUT2D eigenvalue weighted by atomic mass is 10.0. The zero-order valence-corrected chi connectivity index (χ0v) is 11.9.